The van der Waals surface area contributed by atoms with Crippen molar-refractivity contribution in [1.29, 1.82) is 0 Å². The van der Waals surface area contributed by atoms with Crippen LogP contribution in [0.3, 0.4) is 0 Å². The lowest BCUT2D eigenvalue weighted by Crippen LogP contribution is -2.44. The molecule has 0 saturated heterocycles. The first-order valence-corrected chi connectivity index (χ1v) is 11.9. The molecule has 7 heteroatoms. The predicted octanol–water partition coefficient (Wildman–Crippen LogP) is 4.29. The minimum atomic E-state index is -3.95. The summed E-state index contributed by atoms with van der Waals surface area (Å²) < 4.78 is 27.3. The van der Waals surface area contributed by atoms with Gasteiger partial charge in [-0.1, -0.05) is 64.1 Å². The average molecular weight is 446 g/mol. The lowest BCUT2D eigenvalue weighted by Gasteiger charge is -2.18. The number of carbonyl (C=O) groups excluding carboxylic acids is 1. The number of sulfonamides is 1. The van der Waals surface area contributed by atoms with Crippen molar-refractivity contribution in [2.75, 3.05) is 0 Å². The molecule has 0 radical (unpaired) electrons. The lowest BCUT2D eigenvalue weighted by atomic mass is 9.99. The van der Waals surface area contributed by atoms with Crippen LogP contribution in [0.4, 0.5) is 0 Å². The van der Waals surface area contributed by atoms with Gasteiger partial charge in [-0.3, -0.25) is 9.59 Å². The van der Waals surface area contributed by atoms with Gasteiger partial charge in [0, 0.05) is 12.8 Å². The Labute approximate surface area is 184 Å². The summed E-state index contributed by atoms with van der Waals surface area (Å²) in [4.78, 5) is 23.4. The SMILES string of the molecule is CC(C)CCC(=O)Cc1ccc(-c2ccc(S(=O)(=O)N[C@H](C(=O)O)C(C)C)cc2)cc1. The minimum absolute atomic E-state index is 0.00974. The number of rotatable bonds is 11. The Bertz CT molecular complexity index is 993. The van der Waals surface area contributed by atoms with Crippen molar-refractivity contribution in [1.82, 2.24) is 4.72 Å². The van der Waals surface area contributed by atoms with E-state index in [4.69, 9.17) is 0 Å². The van der Waals surface area contributed by atoms with Gasteiger partial charge in [-0.15, -0.1) is 0 Å². The molecular formula is C24H31NO5S. The van der Waals surface area contributed by atoms with E-state index in [1.165, 1.54) is 12.1 Å². The van der Waals surface area contributed by atoms with Gasteiger partial charge in [-0.05, 0) is 47.1 Å². The van der Waals surface area contributed by atoms with Gasteiger partial charge in [0.1, 0.15) is 11.8 Å². The Kier molecular flexibility index (Phi) is 8.53. The van der Waals surface area contributed by atoms with E-state index in [-0.39, 0.29) is 16.6 Å². The highest BCUT2D eigenvalue weighted by Crippen LogP contribution is 2.23. The van der Waals surface area contributed by atoms with Gasteiger partial charge >= 0.3 is 5.97 Å². The van der Waals surface area contributed by atoms with E-state index >= 15 is 0 Å². The van der Waals surface area contributed by atoms with E-state index < -0.39 is 22.0 Å². The van der Waals surface area contributed by atoms with Gasteiger partial charge in [0.15, 0.2) is 0 Å². The van der Waals surface area contributed by atoms with Crippen molar-refractivity contribution >= 4 is 21.8 Å². The number of carboxylic acid groups (broad SMARTS) is 1. The molecule has 0 fully saturated rings. The van der Waals surface area contributed by atoms with Crippen LogP contribution in [-0.2, 0) is 26.0 Å². The molecule has 2 aromatic rings. The van der Waals surface area contributed by atoms with Crippen molar-refractivity contribution in [3.05, 3.63) is 54.1 Å². The molecule has 6 nitrogen and oxygen atoms in total. The molecular weight excluding hydrogens is 414 g/mol. The summed E-state index contributed by atoms with van der Waals surface area (Å²) in [5, 5.41) is 9.23. The van der Waals surface area contributed by atoms with E-state index in [0.29, 0.717) is 18.8 Å². The van der Waals surface area contributed by atoms with Gasteiger partial charge in [-0.25, -0.2) is 8.42 Å². The molecule has 0 aliphatic carbocycles. The zero-order valence-corrected chi connectivity index (χ0v) is 19.3. The van der Waals surface area contributed by atoms with Gasteiger partial charge in [0.25, 0.3) is 0 Å². The quantitative estimate of drug-likeness (QED) is 0.537. The van der Waals surface area contributed by atoms with Crippen molar-refractivity contribution in [3.8, 4) is 11.1 Å². The standard InChI is InChI=1S/C24H31NO5S/c1-16(2)5-12-21(26)15-18-6-8-19(9-7-18)20-10-13-22(14-11-20)31(29,30)25-23(17(3)4)24(27)28/h6-11,13-14,16-17,23,25H,5,12,15H2,1-4H3,(H,27,28)/t23-/m0/s1. The Balaban J connectivity index is 2.09. The summed E-state index contributed by atoms with van der Waals surface area (Å²) >= 11 is 0. The molecule has 31 heavy (non-hydrogen) atoms. The second-order valence-electron chi connectivity index (χ2n) is 8.55. The van der Waals surface area contributed by atoms with Crippen LogP contribution in [0.15, 0.2) is 53.4 Å². The fourth-order valence-electron chi connectivity index (χ4n) is 3.11. The predicted molar refractivity (Wildman–Crippen MR) is 121 cm³/mol. The first kappa shape index (κ1) is 24.8. The zero-order valence-electron chi connectivity index (χ0n) is 18.5. The molecule has 0 aliphatic heterocycles. The third kappa shape index (κ3) is 7.29. The van der Waals surface area contributed by atoms with E-state index in [1.807, 2.05) is 24.3 Å². The molecule has 2 rings (SSSR count). The Morgan fingerprint density at radius 1 is 0.903 bits per heavy atom. The van der Waals surface area contributed by atoms with Crippen molar-refractivity contribution < 1.29 is 23.1 Å². The first-order chi connectivity index (χ1) is 14.5. The van der Waals surface area contributed by atoms with Crippen LogP contribution in [0, 0.1) is 11.8 Å². The number of carbonyl (C=O) groups is 2. The fraction of sp³-hybridized carbons (Fsp3) is 0.417. The van der Waals surface area contributed by atoms with Gasteiger partial charge < -0.3 is 5.11 Å². The maximum atomic E-state index is 12.5. The third-order valence-electron chi connectivity index (χ3n) is 5.07. The van der Waals surface area contributed by atoms with Crippen LogP contribution >= 0.6 is 0 Å². The smallest absolute Gasteiger partial charge is 0.322 e. The number of benzene rings is 2. The lowest BCUT2D eigenvalue weighted by molar-refractivity contribution is -0.140. The van der Waals surface area contributed by atoms with Crippen molar-refractivity contribution in [2.24, 2.45) is 11.8 Å². The molecule has 0 amide bonds. The van der Waals surface area contributed by atoms with Crippen molar-refractivity contribution in [3.63, 3.8) is 0 Å². The highest BCUT2D eigenvalue weighted by atomic mass is 32.2. The molecule has 0 aliphatic rings. The van der Waals surface area contributed by atoms with E-state index in [1.54, 1.807) is 26.0 Å². The third-order valence-corrected chi connectivity index (χ3v) is 6.53. The Hall–Kier alpha value is -2.51. The van der Waals surface area contributed by atoms with Gasteiger partial charge in [0.05, 0.1) is 4.90 Å². The number of aliphatic carboxylic acids is 1. The normalized spacial score (nSPS) is 12.8. The summed E-state index contributed by atoms with van der Waals surface area (Å²) in [6, 6.07) is 12.7. The second-order valence-corrected chi connectivity index (χ2v) is 10.3. The van der Waals surface area contributed by atoms with Crippen LogP contribution in [0.25, 0.3) is 11.1 Å². The minimum Gasteiger partial charge on any atom is -0.480 e. The highest BCUT2D eigenvalue weighted by molar-refractivity contribution is 7.89. The maximum Gasteiger partial charge on any atom is 0.322 e. The first-order valence-electron chi connectivity index (χ1n) is 10.5. The van der Waals surface area contributed by atoms with Crippen LogP contribution in [-0.4, -0.2) is 31.3 Å². The summed E-state index contributed by atoms with van der Waals surface area (Å²) in [6.45, 7) is 7.49. The number of hydrogen-bond acceptors (Lipinski definition) is 4. The number of carboxylic acids is 1. The zero-order chi connectivity index (χ0) is 23.2. The summed E-state index contributed by atoms with van der Waals surface area (Å²) in [7, 11) is -3.95. The molecule has 1 atom stereocenters. The molecule has 0 heterocycles. The number of Topliss-reactive ketones (excluding diaryl/α,β-unsaturated/α-hetero) is 1. The molecule has 0 bridgehead atoms. The van der Waals surface area contributed by atoms with Crippen molar-refractivity contribution in [2.45, 2.75) is 57.9 Å². The van der Waals surface area contributed by atoms with Crippen LogP contribution in [0.1, 0.15) is 46.1 Å². The molecule has 0 unspecified atom stereocenters. The second kappa shape index (κ2) is 10.7. The average Bonchev–Trinajstić information content (AvgIpc) is 2.71. The summed E-state index contributed by atoms with van der Waals surface area (Å²) in [6.07, 6.45) is 1.89. The van der Waals surface area contributed by atoms with E-state index in [2.05, 4.69) is 18.6 Å². The number of ketones is 1. The summed E-state index contributed by atoms with van der Waals surface area (Å²) in [5.41, 5.74) is 2.69. The van der Waals surface area contributed by atoms with Crippen LogP contribution in [0.5, 0.6) is 0 Å². The molecule has 2 aromatic carbocycles. The van der Waals surface area contributed by atoms with Crippen LogP contribution < -0.4 is 4.72 Å². The molecule has 0 aromatic heterocycles. The highest BCUT2D eigenvalue weighted by Gasteiger charge is 2.27. The Morgan fingerprint density at radius 2 is 1.42 bits per heavy atom. The monoisotopic (exact) mass is 445 g/mol. The molecule has 0 spiro atoms. The van der Waals surface area contributed by atoms with Gasteiger partial charge in [-0.2, -0.15) is 4.72 Å². The van der Waals surface area contributed by atoms with E-state index in [9.17, 15) is 23.1 Å². The molecule has 2 N–H and O–H groups in total. The molecule has 0 saturated carbocycles. The van der Waals surface area contributed by atoms with Crippen LogP contribution in [0.2, 0.25) is 0 Å². The fourth-order valence-corrected chi connectivity index (χ4v) is 4.45. The number of hydrogen-bond donors (Lipinski definition) is 2. The van der Waals surface area contributed by atoms with Gasteiger partial charge in [0.2, 0.25) is 10.0 Å². The topological polar surface area (TPSA) is 101 Å². The molecule has 168 valence electrons. The Morgan fingerprint density at radius 3 is 1.87 bits per heavy atom. The number of nitrogens with one attached hydrogen (secondary N) is 1. The summed E-state index contributed by atoms with van der Waals surface area (Å²) in [5.74, 6) is -0.862. The maximum absolute atomic E-state index is 12.5. The largest absolute Gasteiger partial charge is 0.480 e. The van der Waals surface area contributed by atoms with E-state index in [0.717, 1.165) is 23.1 Å².